The lowest BCUT2D eigenvalue weighted by molar-refractivity contribution is 0.0993. The Labute approximate surface area is 117 Å². The van der Waals surface area contributed by atoms with Gasteiger partial charge in [0, 0.05) is 12.0 Å². The molecule has 0 heterocycles. The molecule has 0 aromatic heterocycles. The molecule has 2 aromatic carbocycles. The number of halogens is 2. The zero-order chi connectivity index (χ0) is 14.0. The van der Waals surface area contributed by atoms with Crippen molar-refractivity contribution in [1.82, 2.24) is 0 Å². The fourth-order valence-electron chi connectivity index (χ4n) is 1.87. The molecule has 0 atom stereocenters. The quantitative estimate of drug-likeness (QED) is 0.753. The van der Waals surface area contributed by atoms with Crippen LogP contribution in [-0.2, 0) is 6.42 Å². The molecule has 0 amide bonds. The number of Topliss-reactive ketones (excluding diaryl/α,β-unsaturated/α-hetero) is 1. The SMILES string of the molecule is Cc1ccc(C(=O)Cc2cccc(F)c2Cl)cc1C. The number of aryl methyl sites for hydroxylation is 2. The Bertz CT molecular complexity index is 635. The van der Waals surface area contributed by atoms with Crippen LogP contribution in [0.15, 0.2) is 36.4 Å². The molecule has 1 nitrogen and oxygen atoms in total. The highest BCUT2D eigenvalue weighted by Gasteiger charge is 2.12. The average Bonchev–Trinajstić information content (AvgIpc) is 2.38. The summed E-state index contributed by atoms with van der Waals surface area (Å²) < 4.78 is 13.3. The van der Waals surface area contributed by atoms with Gasteiger partial charge in [0.2, 0.25) is 0 Å². The van der Waals surface area contributed by atoms with E-state index in [2.05, 4.69) is 0 Å². The molecule has 19 heavy (non-hydrogen) atoms. The maximum atomic E-state index is 13.3. The lowest BCUT2D eigenvalue weighted by Crippen LogP contribution is -2.05. The summed E-state index contributed by atoms with van der Waals surface area (Å²) in [4.78, 5) is 12.2. The van der Waals surface area contributed by atoms with Gasteiger partial charge in [0.25, 0.3) is 0 Å². The molecule has 0 N–H and O–H groups in total. The van der Waals surface area contributed by atoms with Crippen LogP contribution in [0.2, 0.25) is 5.02 Å². The van der Waals surface area contributed by atoms with E-state index < -0.39 is 5.82 Å². The highest BCUT2D eigenvalue weighted by molar-refractivity contribution is 6.31. The summed E-state index contributed by atoms with van der Waals surface area (Å²) in [5, 5.41) is 0.0275. The summed E-state index contributed by atoms with van der Waals surface area (Å²) in [6, 6.07) is 10.1. The van der Waals surface area contributed by atoms with E-state index in [1.54, 1.807) is 18.2 Å². The number of carbonyl (C=O) groups excluding carboxylic acids is 1. The Kier molecular flexibility index (Phi) is 4.01. The third-order valence-electron chi connectivity index (χ3n) is 3.21. The van der Waals surface area contributed by atoms with Gasteiger partial charge in [-0.25, -0.2) is 4.39 Å². The van der Waals surface area contributed by atoms with Gasteiger partial charge in [0.05, 0.1) is 5.02 Å². The van der Waals surface area contributed by atoms with Gasteiger partial charge in [0.15, 0.2) is 5.78 Å². The predicted octanol–water partition coefficient (Wildman–Crippen LogP) is 4.52. The number of hydrogen-bond donors (Lipinski definition) is 0. The Morgan fingerprint density at radius 1 is 1.16 bits per heavy atom. The number of benzene rings is 2. The Hall–Kier alpha value is -1.67. The predicted molar refractivity (Wildman–Crippen MR) is 75.4 cm³/mol. The first kappa shape index (κ1) is 13.8. The van der Waals surface area contributed by atoms with Crippen LogP contribution in [0, 0.1) is 19.7 Å². The van der Waals surface area contributed by atoms with Crippen molar-refractivity contribution in [3.63, 3.8) is 0 Å². The minimum Gasteiger partial charge on any atom is -0.294 e. The molecule has 0 aliphatic carbocycles. The van der Waals surface area contributed by atoms with Crippen molar-refractivity contribution in [3.8, 4) is 0 Å². The van der Waals surface area contributed by atoms with Crippen LogP contribution in [0.1, 0.15) is 27.0 Å². The van der Waals surface area contributed by atoms with E-state index in [1.807, 2.05) is 26.0 Å². The summed E-state index contributed by atoms with van der Waals surface area (Å²) >= 11 is 5.85. The van der Waals surface area contributed by atoms with E-state index in [1.165, 1.54) is 6.07 Å². The molecule has 0 fully saturated rings. The van der Waals surface area contributed by atoms with Crippen LogP contribution in [0.4, 0.5) is 4.39 Å². The van der Waals surface area contributed by atoms with Gasteiger partial charge in [0.1, 0.15) is 5.82 Å². The van der Waals surface area contributed by atoms with E-state index in [0.29, 0.717) is 11.1 Å². The smallest absolute Gasteiger partial charge is 0.167 e. The molecule has 0 unspecified atom stereocenters. The van der Waals surface area contributed by atoms with Crippen LogP contribution in [-0.4, -0.2) is 5.78 Å². The molecule has 0 saturated carbocycles. The van der Waals surface area contributed by atoms with Crippen LogP contribution < -0.4 is 0 Å². The fraction of sp³-hybridized carbons (Fsp3) is 0.188. The monoisotopic (exact) mass is 276 g/mol. The number of hydrogen-bond acceptors (Lipinski definition) is 1. The summed E-state index contributed by atoms with van der Waals surface area (Å²) in [6.45, 7) is 3.95. The highest BCUT2D eigenvalue weighted by atomic mass is 35.5. The van der Waals surface area contributed by atoms with E-state index >= 15 is 0 Å². The van der Waals surface area contributed by atoms with Crippen LogP contribution in [0.25, 0.3) is 0 Å². The normalized spacial score (nSPS) is 10.5. The second-order valence-corrected chi connectivity index (χ2v) is 4.99. The van der Waals surface area contributed by atoms with E-state index in [9.17, 15) is 9.18 Å². The first-order valence-electron chi connectivity index (χ1n) is 6.02. The summed E-state index contributed by atoms with van der Waals surface area (Å²) in [5.74, 6) is -0.553. The molecule has 2 rings (SSSR count). The third-order valence-corrected chi connectivity index (χ3v) is 3.63. The van der Waals surface area contributed by atoms with Crippen LogP contribution >= 0.6 is 11.6 Å². The number of carbonyl (C=O) groups is 1. The minimum atomic E-state index is -0.493. The minimum absolute atomic E-state index is 0.0275. The highest BCUT2D eigenvalue weighted by Crippen LogP contribution is 2.21. The van der Waals surface area contributed by atoms with Crippen molar-refractivity contribution >= 4 is 17.4 Å². The van der Waals surface area contributed by atoms with Crippen molar-refractivity contribution in [1.29, 1.82) is 0 Å². The number of ketones is 1. The molecular weight excluding hydrogens is 263 g/mol. The summed E-state index contributed by atoms with van der Waals surface area (Å²) in [5.41, 5.74) is 3.35. The fourth-order valence-corrected chi connectivity index (χ4v) is 2.07. The largest absolute Gasteiger partial charge is 0.294 e. The maximum absolute atomic E-state index is 13.3. The van der Waals surface area contributed by atoms with E-state index in [0.717, 1.165) is 11.1 Å². The van der Waals surface area contributed by atoms with Gasteiger partial charge in [-0.05, 0) is 42.7 Å². The van der Waals surface area contributed by atoms with Crippen molar-refractivity contribution in [2.75, 3.05) is 0 Å². The van der Waals surface area contributed by atoms with Crippen LogP contribution in [0.3, 0.4) is 0 Å². The van der Waals surface area contributed by atoms with Gasteiger partial charge >= 0.3 is 0 Å². The molecule has 3 heteroatoms. The Balaban J connectivity index is 2.26. The van der Waals surface area contributed by atoms with E-state index in [-0.39, 0.29) is 17.2 Å². The molecule has 0 radical (unpaired) electrons. The molecule has 0 aliphatic heterocycles. The molecule has 0 aliphatic rings. The summed E-state index contributed by atoms with van der Waals surface area (Å²) in [7, 11) is 0. The van der Waals surface area contributed by atoms with Crippen molar-refractivity contribution in [2.45, 2.75) is 20.3 Å². The Morgan fingerprint density at radius 2 is 1.89 bits per heavy atom. The van der Waals surface area contributed by atoms with Crippen LogP contribution in [0.5, 0.6) is 0 Å². The van der Waals surface area contributed by atoms with Gasteiger partial charge in [-0.1, -0.05) is 35.9 Å². The average molecular weight is 277 g/mol. The second kappa shape index (κ2) is 5.54. The first-order chi connectivity index (χ1) is 8.99. The standard InChI is InChI=1S/C16H14ClFO/c1-10-6-7-12(8-11(10)2)15(19)9-13-4-3-5-14(18)16(13)17/h3-8H,9H2,1-2H3. The zero-order valence-corrected chi connectivity index (χ0v) is 11.6. The van der Waals surface area contributed by atoms with Gasteiger partial charge in [-0.2, -0.15) is 0 Å². The lowest BCUT2D eigenvalue weighted by Gasteiger charge is -2.06. The summed E-state index contributed by atoms with van der Waals surface area (Å²) in [6.07, 6.45) is 0.110. The van der Waals surface area contributed by atoms with E-state index in [4.69, 9.17) is 11.6 Å². The van der Waals surface area contributed by atoms with Gasteiger partial charge in [-0.3, -0.25) is 4.79 Å². The molecule has 2 aromatic rings. The second-order valence-electron chi connectivity index (χ2n) is 4.61. The molecule has 0 saturated heterocycles. The molecule has 98 valence electrons. The van der Waals surface area contributed by atoms with Crippen molar-refractivity contribution in [2.24, 2.45) is 0 Å². The van der Waals surface area contributed by atoms with Crippen molar-refractivity contribution in [3.05, 3.63) is 69.5 Å². The van der Waals surface area contributed by atoms with Gasteiger partial charge < -0.3 is 0 Å². The zero-order valence-electron chi connectivity index (χ0n) is 10.8. The Morgan fingerprint density at radius 3 is 2.58 bits per heavy atom. The lowest BCUT2D eigenvalue weighted by atomic mass is 9.99. The molecular formula is C16H14ClFO. The molecule has 0 spiro atoms. The van der Waals surface area contributed by atoms with Crippen molar-refractivity contribution < 1.29 is 9.18 Å². The number of rotatable bonds is 3. The maximum Gasteiger partial charge on any atom is 0.167 e. The van der Waals surface area contributed by atoms with Gasteiger partial charge in [-0.15, -0.1) is 0 Å². The third kappa shape index (κ3) is 3.02. The molecule has 0 bridgehead atoms. The first-order valence-corrected chi connectivity index (χ1v) is 6.40. The topological polar surface area (TPSA) is 17.1 Å².